The average Bonchev–Trinajstić information content (AvgIpc) is 2.46. The Morgan fingerprint density at radius 1 is 1.14 bits per heavy atom. The molecule has 0 saturated carbocycles. The molecular formula is C16H22N2O4. The summed E-state index contributed by atoms with van der Waals surface area (Å²) in [7, 11) is 0. The molecule has 120 valence electrons. The number of carbonyl (C=O) groups excluding carboxylic acids is 2. The minimum Gasteiger partial charge on any atom is -0.486 e. The molecule has 0 aromatic heterocycles. The molecule has 1 aliphatic rings. The van der Waals surface area contributed by atoms with Crippen molar-refractivity contribution in [2.24, 2.45) is 5.41 Å². The quantitative estimate of drug-likeness (QED) is 0.891. The van der Waals surface area contributed by atoms with Crippen LogP contribution >= 0.6 is 0 Å². The van der Waals surface area contributed by atoms with Gasteiger partial charge in [-0.15, -0.1) is 0 Å². The van der Waals surface area contributed by atoms with Gasteiger partial charge in [0.2, 0.25) is 11.8 Å². The van der Waals surface area contributed by atoms with Crippen LogP contribution in [0, 0.1) is 5.41 Å². The summed E-state index contributed by atoms with van der Waals surface area (Å²) in [6.07, 6.45) is 0.219. The monoisotopic (exact) mass is 306 g/mol. The van der Waals surface area contributed by atoms with Crippen molar-refractivity contribution in [2.75, 3.05) is 25.1 Å². The lowest BCUT2D eigenvalue weighted by atomic mass is 9.96. The van der Waals surface area contributed by atoms with Crippen molar-refractivity contribution in [2.45, 2.75) is 27.2 Å². The van der Waals surface area contributed by atoms with Gasteiger partial charge in [0.25, 0.3) is 0 Å². The topological polar surface area (TPSA) is 76.7 Å². The van der Waals surface area contributed by atoms with Crippen LogP contribution in [0.2, 0.25) is 0 Å². The molecule has 0 spiro atoms. The lowest BCUT2D eigenvalue weighted by molar-refractivity contribution is -0.128. The first kappa shape index (κ1) is 16.1. The Kier molecular flexibility index (Phi) is 4.90. The zero-order valence-electron chi connectivity index (χ0n) is 13.2. The van der Waals surface area contributed by atoms with Crippen LogP contribution < -0.4 is 20.1 Å². The Labute approximate surface area is 130 Å². The van der Waals surface area contributed by atoms with Gasteiger partial charge in [0.05, 0.1) is 0 Å². The van der Waals surface area contributed by atoms with Crippen molar-refractivity contribution in [3.63, 3.8) is 0 Å². The molecule has 1 heterocycles. The zero-order valence-corrected chi connectivity index (χ0v) is 13.2. The molecule has 0 bridgehead atoms. The van der Waals surface area contributed by atoms with Gasteiger partial charge in [-0.25, -0.2) is 0 Å². The van der Waals surface area contributed by atoms with Gasteiger partial charge in [0, 0.05) is 30.1 Å². The fourth-order valence-electron chi connectivity index (χ4n) is 1.90. The van der Waals surface area contributed by atoms with Crippen molar-refractivity contribution in [3.05, 3.63) is 18.2 Å². The fraction of sp³-hybridized carbons (Fsp3) is 0.500. The molecule has 0 fully saturated rings. The highest BCUT2D eigenvalue weighted by Crippen LogP contribution is 2.32. The summed E-state index contributed by atoms with van der Waals surface area (Å²) in [5.41, 5.74) is 0.197. The summed E-state index contributed by atoms with van der Waals surface area (Å²) in [5.74, 6) is 1.08. The first-order chi connectivity index (χ1) is 10.4. The second kappa shape index (κ2) is 6.68. The molecule has 0 atom stereocenters. The number of ether oxygens (including phenoxy) is 2. The van der Waals surface area contributed by atoms with E-state index in [1.165, 1.54) is 0 Å². The Hall–Kier alpha value is -2.24. The number of rotatable bonds is 4. The van der Waals surface area contributed by atoms with Gasteiger partial charge < -0.3 is 20.1 Å². The first-order valence-electron chi connectivity index (χ1n) is 7.34. The van der Waals surface area contributed by atoms with Gasteiger partial charge in [-0.3, -0.25) is 9.59 Å². The summed E-state index contributed by atoms with van der Waals surface area (Å²) in [6.45, 7) is 6.84. The lowest BCUT2D eigenvalue weighted by Gasteiger charge is -2.19. The normalized spacial score (nSPS) is 13.4. The van der Waals surface area contributed by atoms with Crippen molar-refractivity contribution >= 4 is 17.5 Å². The van der Waals surface area contributed by atoms with E-state index in [1.54, 1.807) is 18.2 Å². The third kappa shape index (κ3) is 4.38. The van der Waals surface area contributed by atoms with Crippen molar-refractivity contribution < 1.29 is 19.1 Å². The molecule has 0 saturated heterocycles. The number of amides is 2. The maximum Gasteiger partial charge on any atom is 0.226 e. The van der Waals surface area contributed by atoms with Gasteiger partial charge in [-0.1, -0.05) is 20.8 Å². The number of fused-ring (bicyclic) bond motifs is 1. The predicted molar refractivity (Wildman–Crippen MR) is 83.1 cm³/mol. The van der Waals surface area contributed by atoms with E-state index in [0.717, 1.165) is 0 Å². The average molecular weight is 306 g/mol. The van der Waals surface area contributed by atoms with Gasteiger partial charge in [-0.2, -0.15) is 0 Å². The molecule has 0 radical (unpaired) electrons. The van der Waals surface area contributed by atoms with Crippen molar-refractivity contribution in [1.29, 1.82) is 0 Å². The Bertz CT molecular complexity index is 564. The second-order valence-electron chi connectivity index (χ2n) is 6.16. The Morgan fingerprint density at radius 3 is 2.50 bits per heavy atom. The van der Waals surface area contributed by atoms with E-state index in [9.17, 15) is 9.59 Å². The van der Waals surface area contributed by atoms with Crippen LogP contribution in [0.15, 0.2) is 18.2 Å². The number of hydrogen-bond acceptors (Lipinski definition) is 4. The molecule has 2 amide bonds. The summed E-state index contributed by atoms with van der Waals surface area (Å²) >= 11 is 0. The maximum atomic E-state index is 11.9. The van der Waals surface area contributed by atoms with E-state index >= 15 is 0 Å². The first-order valence-corrected chi connectivity index (χ1v) is 7.34. The molecular weight excluding hydrogens is 284 g/mol. The van der Waals surface area contributed by atoms with Gasteiger partial charge in [0.1, 0.15) is 13.2 Å². The summed E-state index contributed by atoms with van der Waals surface area (Å²) in [5, 5.41) is 5.52. The standard InChI is InChI=1S/C16H22N2O4/c1-16(2,3)15(20)17-7-6-14(19)18-11-4-5-12-13(10-11)22-9-8-21-12/h4-5,10H,6-9H2,1-3H3,(H,17,20)(H,18,19). The van der Waals surface area contributed by atoms with E-state index in [-0.39, 0.29) is 18.2 Å². The van der Waals surface area contributed by atoms with Crippen LogP contribution in [-0.2, 0) is 9.59 Å². The predicted octanol–water partition coefficient (Wildman–Crippen LogP) is 1.95. The molecule has 0 unspecified atom stereocenters. The van der Waals surface area contributed by atoms with Crippen molar-refractivity contribution in [1.82, 2.24) is 5.32 Å². The third-order valence-corrected chi connectivity index (χ3v) is 3.14. The van der Waals surface area contributed by atoms with Crippen LogP contribution in [0.4, 0.5) is 5.69 Å². The van der Waals surface area contributed by atoms with Gasteiger partial charge in [0.15, 0.2) is 11.5 Å². The number of carbonyl (C=O) groups is 2. The van der Waals surface area contributed by atoms with Crippen LogP contribution in [0.5, 0.6) is 11.5 Å². The number of hydrogen-bond donors (Lipinski definition) is 2. The maximum absolute atomic E-state index is 11.9. The van der Waals surface area contributed by atoms with Gasteiger partial charge in [-0.05, 0) is 12.1 Å². The number of benzene rings is 1. The third-order valence-electron chi connectivity index (χ3n) is 3.14. The fourth-order valence-corrected chi connectivity index (χ4v) is 1.90. The molecule has 2 rings (SSSR count). The summed E-state index contributed by atoms with van der Waals surface area (Å²) < 4.78 is 10.9. The van der Waals surface area contributed by atoms with Crippen molar-refractivity contribution in [3.8, 4) is 11.5 Å². The minimum absolute atomic E-state index is 0.0698. The van der Waals surface area contributed by atoms with Crippen LogP contribution in [0.25, 0.3) is 0 Å². The smallest absolute Gasteiger partial charge is 0.226 e. The van der Waals surface area contributed by atoms with E-state index < -0.39 is 5.41 Å². The van der Waals surface area contributed by atoms with E-state index in [1.807, 2.05) is 20.8 Å². The van der Waals surface area contributed by atoms with Gasteiger partial charge >= 0.3 is 0 Å². The molecule has 1 aromatic carbocycles. The van der Waals surface area contributed by atoms with E-state index in [2.05, 4.69) is 10.6 Å². The van der Waals surface area contributed by atoms with E-state index in [4.69, 9.17) is 9.47 Å². The highest BCUT2D eigenvalue weighted by Gasteiger charge is 2.20. The van der Waals surface area contributed by atoms with Crippen LogP contribution in [0.1, 0.15) is 27.2 Å². The molecule has 1 aromatic rings. The summed E-state index contributed by atoms with van der Waals surface area (Å²) in [4.78, 5) is 23.6. The highest BCUT2D eigenvalue weighted by atomic mass is 16.6. The van der Waals surface area contributed by atoms with Crippen LogP contribution in [-0.4, -0.2) is 31.6 Å². The SMILES string of the molecule is CC(C)(C)C(=O)NCCC(=O)Nc1ccc2c(c1)OCCO2. The zero-order chi connectivity index (χ0) is 16.2. The largest absolute Gasteiger partial charge is 0.486 e. The van der Waals surface area contributed by atoms with Crippen LogP contribution in [0.3, 0.4) is 0 Å². The molecule has 6 nitrogen and oxygen atoms in total. The second-order valence-corrected chi connectivity index (χ2v) is 6.16. The number of nitrogens with one attached hydrogen (secondary N) is 2. The lowest BCUT2D eigenvalue weighted by Crippen LogP contribution is -2.36. The summed E-state index contributed by atoms with van der Waals surface area (Å²) in [6, 6.07) is 5.27. The molecule has 22 heavy (non-hydrogen) atoms. The molecule has 2 N–H and O–H groups in total. The number of anilines is 1. The minimum atomic E-state index is -0.452. The molecule has 0 aliphatic carbocycles. The Balaban J connectivity index is 1.81. The highest BCUT2D eigenvalue weighted by molar-refractivity contribution is 5.91. The van der Waals surface area contributed by atoms with E-state index in [0.29, 0.717) is 36.9 Å². The molecule has 6 heteroatoms. The molecule has 1 aliphatic heterocycles. The Morgan fingerprint density at radius 2 is 1.82 bits per heavy atom.